The van der Waals surface area contributed by atoms with Gasteiger partial charge in [-0.3, -0.25) is 10.1 Å². The van der Waals surface area contributed by atoms with Crippen LogP contribution in [0.4, 0.5) is 5.69 Å². The minimum atomic E-state index is -4.94. The maximum absolute atomic E-state index is 10.8. The lowest BCUT2D eigenvalue weighted by Gasteiger charge is -2.17. The number of rotatable bonds is 6. The van der Waals surface area contributed by atoms with Crippen LogP contribution in [0.1, 0.15) is 29.6 Å². The van der Waals surface area contributed by atoms with Crippen LogP contribution >= 0.6 is 0 Å². The molecule has 0 amide bonds. The molecule has 2 aromatic carbocycles. The number of non-ortho nitro benzene ring substituents is 1. The van der Waals surface area contributed by atoms with E-state index in [1.54, 1.807) is 26.4 Å². The van der Waals surface area contributed by atoms with E-state index in [1.807, 2.05) is 31.2 Å². The van der Waals surface area contributed by atoms with Gasteiger partial charge >= 0.3 is 11.5 Å². The Morgan fingerprint density at radius 2 is 1.48 bits per heavy atom. The number of fused-ring (bicyclic) bond motifs is 1. The summed E-state index contributed by atoms with van der Waals surface area (Å²) in [7, 11) is -1.73. The first kappa shape index (κ1) is 26.0. The van der Waals surface area contributed by atoms with Gasteiger partial charge in [-0.15, -0.1) is 10.2 Å². The molecule has 0 saturated carbocycles. The van der Waals surface area contributed by atoms with Crippen LogP contribution in [0.3, 0.4) is 0 Å². The van der Waals surface area contributed by atoms with Gasteiger partial charge in [-0.25, -0.2) is 23.1 Å². The number of nitrogens with zero attached hydrogens (tertiary/aromatic N) is 1. The molecule has 3 rings (SSSR count). The van der Waals surface area contributed by atoms with Crippen LogP contribution in [0.25, 0.3) is 22.9 Å². The van der Waals surface area contributed by atoms with Gasteiger partial charge in [0.25, 0.3) is 5.69 Å². The van der Waals surface area contributed by atoms with E-state index in [4.69, 9.17) is 32.5 Å². The van der Waals surface area contributed by atoms with Crippen LogP contribution < -0.4 is 28.1 Å². The molecule has 0 unspecified atom stereocenters. The largest absolute Gasteiger partial charge is 0.493 e. The third-order valence-electron chi connectivity index (χ3n) is 4.69. The zero-order chi connectivity index (χ0) is 24.8. The molecule has 0 aliphatic heterocycles. The molecule has 0 aliphatic carbocycles. The second kappa shape index (κ2) is 11.0. The Hall–Kier alpha value is -3.28. The van der Waals surface area contributed by atoms with E-state index in [2.05, 4.69) is 6.92 Å². The summed E-state index contributed by atoms with van der Waals surface area (Å²) >= 11 is 0. The summed E-state index contributed by atoms with van der Waals surface area (Å²) < 4.78 is 51.0. The molecule has 3 aromatic rings. The maximum Gasteiger partial charge on any atom is 0.360 e. The Bertz CT molecular complexity index is 1150. The van der Waals surface area contributed by atoms with Gasteiger partial charge in [-0.1, -0.05) is 6.92 Å². The quantitative estimate of drug-likeness (QED) is 0.284. The molecule has 0 saturated heterocycles. The van der Waals surface area contributed by atoms with Crippen molar-refractivity contribution in [3.05, 3.63) is 69.2 Å². The average molecular weight is 480 g/mol. The minimum Gasteiger partial charge on any atom is -0.493 e. The van der Waals surface area contributed by atoms with Crippen molar-refractivity contribution in [2.45, 2.75) is 20.3 Å². The van der Waals surface area contributed by atoms with Crippen LogP contribution in [0.2, 0.25) is 0 Å². The summed E-state index contributed by atoms with van der Waals surface area (Å²) in [5.74, 6) is 2.82. The highest BCUT2D eigenvalue weighted by Gasteiger charge is 2.22. The molecule has 10 nitrogen and oxygen atoms in total. The first-order valence-corrected chi connectivity index (χ1v) is 10.8. The molecule has 11 heteroatoms. The maximum atomic E-state index is 10.8. The Morgan fingerprint density at radius 3 is 1.94 bits per heavy atom. The van der Waals surface area contributed by atoms with Gasteiger partial charge in [0.2, 0.25) is 0 Å². The number of nitro benzene ring substituents is 1. The summed E-state index contributed by atoms with van der Waals surface area (Å²) in [5, 5.41) is 12.8. The van der Waals surface area contributed by atoms with Crippen LogP contribution in [-0.4, -0.2) is 19.1 Å². The highest BCUT2D eigenvalue weighted by Crippen LogP contribution is 2.37. The van der Waals surface area contributed by atoms with Gasteiger partial charge < -0.3 is 9.47 Å². The lowest BCUT2D eigenvalue weighted by Crippen LogP contribution is -2.68. The fourth-order valence-corrected chi connectivity index (χ4v) is 3.25. The predicted octanol–water partition coefficient (Wildman–Crippen LogP) is 0.925. The summed E-state index contributed by atoms with van der Waals surface area (Å²) in [5.41, 5.74) is 2.02. The van der Waals surface area contributed by atoms with Crippen LogP contribution in [0.5, 0.6) is 11.5 Å². The Kier molecular flexibility index (Phi) is 8.69. The van der Waals surface area contributed by atoms with Crippen molar-refractivity contribution in [3.8, 4) is 11.5 Å². The second-order valence-corrected chi connectivity index (χ2v) is 7.42. The van der Waals surface area contributed by atoms with Gasteiger partial charge in [0, 0.05) is 29.7 Å². The number of halogens is 1. The summed E-state index contributed by atoms with van der Waals surface area (Å²) in [6.07, 6.45) is 4.55. The first-order valence-electron chi connectivity index (χ1n) is 9.54. The third kappa shape index (κ3) is 7.11. The number of hydrogen-bond donors (Lipinski definition) is 0. The molecule has 0 fully saturated rings. The Morgan fingerprint density at radius 1 is 0.970 bits per heavy atom. The molecule has 33 heavy (non-hydrogen) atoms. The van der Waals surface area contributed by atoms with Gasteiger partial charge in [0.1, 0.15) is 0 Å². The molecular weight excluding hydrogens is 458 g/mol. The molecule has 1 heterocycles. The van der Waals surface area contributed by atoms with Crippen molar-refractivity contribution in [1.29, 1.82) is 0 Å². The molecule has 1 aromatic heterocycles. The normalized spacial score (nSPS) is 11.3. The second-order valence-electron chi connectivity index (χ2n) is 6.67. The zero-order valence-electron chi connectivity index (χ0n) is 18.3. The Labute approximate surface area is 191 Å². The third-order valence-corrected chi connectivity index (χ3v) is 4.69. The summed E-state index contributed by atoms with van der Waals surface area (Å²) in [6.45, 7) is 4.03. The van der Waals surface area contributed by atoms with Gasteiger partial charge in [0.05, 0.1) is 37.0 Å². The van der Waals surface area contributed by atoms with Gasteiger partial charge in [-0.2, -0.15) is 0 Å². The molecular formula is C22H22ClNO9. The van der Waals surface area contributed by atoms with Crippen molar-refractivity contribution in [2.75, 3.05) is 14.2 Å². The number of methoxy groups -OCH3 is 2. The van der Waals surface area contributed by atoms with E-state index >= 15 is 0 Å². The standard InChI is InChI=1S/C22H22NO5.ClHO4/c1-5-17-14(2)28-20(11-8-15-6-9-16(10-7-15)23(24)25)19-13-22(27-4)21(26-3)12-18(17)19;2-1(3,4)5/h6-13H,5H2,1-4H3;(H,2,3,4,5)/q+1;/p-1/b11-8+;. The number of nitro groups is 1. The predicted molar refractivity (Wildman–Crippen MR) is 110 cm³/mol. The van der Waals surface area contributed by atoms with Crippen molar-refractivity contribution in [1.82, 2.24) is 0 Å². The van der Waals surface area contributed by atoms with Crippen LogP contribution in [0, 0.1) is 27.3 Å². The van der Waals surface area contributed by atoms with Crippen molar-refractivity contribution in [3.63, 3.8) is 0 Å². The highest BCUT2D eigenvalue weighted by molar-refractivity contribution is 5.95. The van der Waals surface area contributed by atoms with E-state index in [-0.39, 0.29) is 5.69 Å². The number of ether oxygens (including phenoxy) is 2. The van der Waals surface area contributed by atoms with E-state index in [0.29, 0.717) is 17.3 Å². The molecule has 0 aliphatic rings. The topological polar surface area (TPSA) is 165 Å². The highest BCUT2D eigenvalue weighted by atomic mass is 35.7. The average Bonchev–Trinajstić information content (AvgIpc) is 2.75. The van der Waals surface area contributed by atoms with E-state index in [0.717, 1.165) is 34.1 Å². The van der Waals surface area contributed by atoms with Crippen molar-refractivity contribution in [2.24, 2.45) is 0 Å². The fraction of sp³-hybridized carbons (Fsp3) is 0.227. The van der Waals surface area contributed by atoms with Gasteiger partial charge in [0.15, 0.2) is 11.5 Å². The molecule has 0 atom stereocenters. The smallest absolute Gasteiger partial charge is 0.360 e. The molecule has 0 radical (unpaired) electrons. The molecule has 0 N–H and O–H groups in total. The summed E-state index contributed by atoms with van der Waals surface area (Å²) in [6, 6.07) is 10.2. The lowest BCUT2D eigenvalue weighted by atomic mass is 10.0. The zero-order valence-corrected chi connectivity index (χ0v) is 19.1. The summed E-state index contributed by atoms with van der Waals surface area (Å²) in [4.78, 5) is 10.4. The molecule has 176 valence electrons. The SMILES string of the molecule is CCc1c(C)[o+]c(/C=C/c2ccc([N+](=O)[O-])cc2)c2cc(OC)c(OC)cc12.[O-][Cl+3]([O-])([O-])[O-]. The van der Waals surface area contributed by atoms with Gasteiger partial charge in [-0.05, 0) is 36.3 Å². The van der Waals surface area contributed by atoms with Crippen LogP contribution in [-0.2, 0) is 6.42 Å². The minimum absolute atomic E-state index is 0.0623. The molecule has 0 spiro atoms. The Balaban J connectivity index is 0.000000696. The first-order chi connectivity index (χ1) is 15.5. The van der Waals surface area contributed by atoms with Crippen molar-refractivity contribution < 1.29 is 47.7 Å². The number of aryl methyl sites for hydroxylation is 2. The fourth-order valence-electron chi connectivity index (χ4n) is 3.25. The lowest BCUT2D eigenvalue weighted by molar-refractivity contribution is -2.00. The van der Waals surface area contributed by atoms with E-state index in [1.165, 1.54) is 12.1 Å². The van der Waals surface area contributed by atoms with E-state index < -0.39 is 15.2 Å². The van der Waals surface area contributed by atoms with Crippen LogP contribution in [0.15, 0.2) is 40.8 Å². The van der Waals surface area contributed by atoms with E-state index in [9.17, 15) is 10.1 Å². The number of benzene rings is 2. The number of hydrogen-bond acceptors (Lipinski definition) is 8. The monoisotopic (exact) mass is 479 g/mol. The van der Waals surface area contributed by atoms with Crippen molar-refractivity contribution >= 4 is 28.6 Å². The molecule has 0 bridgehead atoms.